The van der Waals surface area contributed by atoms with Crippen LogP contribution in [0.25, 0.3) is 0 Å². The molecule has 2 aromatic carbocycles. The molecule has 1 saturated carbocycles. The van der Waals surface area contributed by atoms with E-state index in [0.29, 0.717) is 35.7 Å². The summed E-state index contributed by atoms with van der Waals surface area (Å²) >= 11 is 0. The van der Waals surface area contributed by atoms with E-state index in [9.17, 15) is 9.59 Å². The molecule has 2 N–H and O–H groups in total. The molecule has 4 rings (SSSR count). The number of carbonyl (C=O) groups is 2. The van der Waals surface area contributed by atoms with Gasteiger partial charge in [-0.25, -0.2) is 0 Å². The second kappa shape index (κ2) is 6.55. The third-order valence-electron chi connectivity index (χ3n) is 5.26. The van der Waals surface area contributed by atoms with E-state index in [0.717, 1.165) is 0 Å². The highest BCUT2D eigenvalue weighted by molar-refractivity contribution is 6.16. The first-order valence-corrected chi connectivity index (χ1v) is 9.41. The zero-order valence-corrected chi connectivity index (χ0v) is 16.3. The van der Waals surface area contributed by atoms with Gasteiger partial charge in [-0.2, -0.15) is 0 Å². The van der Waals surface area contributed by atoms with E-state index in [1.165, 1.54) is 5.56 Å². The third-order valence-corrected chi connectivity index (χ3v) is 5.26. The summed E-state index contributed by atoms with van der Waals surface area (Å²) < 4.78 is 10.6. The van der Waals surface area contributed by atoms with Gasteiger partial charge in [-0.15, -0.1) is 0 Å². The summed E-state index contributed by atoms with van der Waals surface area (Å²) in [5, 5.41) is 5.72. The van der Waals surface area contributed by atoms with E-state index in [1.807, 2.05) is 24.3 Å². The summed E-state index contributed by atoms with van der Waals surface area (Å²) in [6.45, 7) is 6.59. The molecule has 2 amide bonds. The van der Waals surface area contributed by atoms with Crippen LogP contribution in [0.15, 0.2) is 42.5 Å². The molecular formula is C22H24N2O4. The summed E-state index contributed by atoms with van der Waals surface area (Å²) in [5.74, 6) is 0.672. The van der Waals surface area contributed by atoms with Crippen molar-refractivity contribution in [1.82, 2.24) is 0 Å². The van der Waals surface area contributed by atoms with Gasteiger partial charge in [0.25, 0.3) is 0 Å². The number of benzene rings is 2. The molecule has 28 heavy (non-hydrogen) atoms. The van der Waals surface area contributed by atoms with Crippen LogP contribution in [0.4, 0.5) is 11.4 Å². The first-order valence-electron chi connectivity index (χ1n) is 9.41. The van der Waals surface area contributed by atoms with Crippen molar-refractivity contribution in [2.45, 2.75) is 39.0 Å². The number of anilines is 2. The Hall–Kier alpha value is -3.02. The Morgan fingerprint density at radius 2 is 1.43 bits per heavy atom. The summed E-state index contributed by atoms with van der Waals surface area (Å²) in [4.78, 5) is 25.6. The Morgan fingerprint density at radius 1 is 0.857 bits per heavy atom. The SMILES string of the molecule is CC(C)(C)c1ccc(NC(=O)C2(C(=O)Nc3ccc4c(c3)OCO4)CC2)cc1. The van der Waals surface area contributed by atoms with E-state index in [1.54, 1.807) is 18.2 Å². The number of nitrogens with one attached hydrogen (secondary N) is 2. The van der Waals surface area contributed by atoms with Crippen LogP contribution in [-0.4, -0.2) is 18.6 Å². The number of rotatable bonds is 4. The number of hydrogen-bond donors (Lipinski definition) is 2. The van der Waals surface area contributed by atoms with Crippen molar-refractivity contribution in [2.24, 2.45) is 5.41 Å². The predicted molar refractivity (Wildman–Crippen MR) is 107 cm³/mol. The summed E-state index contributed by atoms with van der Waals surface area (Å²) in [6, 6.07) is 13.0. The van der Waals surface area contributed by atoms with Crippen molar-refractivity contribution in [3.63, 3.8) is 0 Å². The molecule has 1 fully saturated rings. The lowest BCUT2D eigenvalue weighted by atomic mass is 9.87. The topological polar surface area (TPSA) is 76.7 Å². The smallest absolute Gasteiger partial charge is 0.240 e. The van der Waals surface area contributed by atoms with Gasteiger partial charge in [0.05, 0.1) is 0 Å². The maximum absolute atomic E-state index is 12.8. The molecule has 0 spiro atoms. The summed E-state index contributed by atoms with van der Waals surface area (Å²) in [5.41, 5.74) is 1.50. The molecule has 6 nitrogen and oxygen atoms in total. The second-order valence-corrected chi connectivity index (χ2v) is 8.39. The van der Waals surface area contributed by atoms with Crippen LogP contribution in [0.5, 0.6) is 11.5 Å². The van der Waals surface area contributed by atoms with Gasteiger partial charge in [-0.05, 0) is 48.1 Å². The van der Waals surface area contributed by atoms with Gasteiger partial charge in [-0.3, -0.25) is 9.59 Å². The van der Waals surface area contributed by atoms with E-state index < -0.39 is 5.41 Å². The largest absolute Gasteiger partial charge is 0.454 e. The van der Waals surface area contributed by atoms with Gasteiger partial charge in [0.15, 0.2) is 11.5 Å². The summed E-state index contributed by atoms with van der Waals surface area (Å²) in [7, 11) is 0. The molecule has 1 aliphatic heterocycles. The van der Waals surface area contributed by atoms with Crippen molar-refractivity contribution in [3.05, 3.63) is 48.0 Å². The molecule has 0 aromatic heterocycles. The van der Waals surface area contributed by atoms with Crippen LogP contribution in [-0.2, 0) is 15.0 Å². The summed E-state index contributed by atoms with van der Waals surface area (Å²) in [6.07, 6.45) is 1.07. The fraction of sp³-hybridized carbons (Fsp3) is 0.364. The number of amides is 2. The third kappa shape index (κ3) is 3.42. The van der Waals surface area contributed by atoms with Gasteiger partial charge < -0.3 is 20.1 Å². The van der Waals surface area contributed by atoms with Crippen LogP contribution >= 0.6 is 0 Å². The minimum atomic E-state index is -1.01. The standard InChI is InChI=1S/C22H24N2O4/c1-21(2,3)14-4-6-15(7-5-14)23-19(25)22(10-11-22)20(26)24-16-8-9-17-18(12-16)28-13-27-17/h4-9,12H,10-11,13H2,1-3H3,(H,23,25)(H,24,26). The average Bonchev–Trinajstić information content (AvgIpc) is 3.34. The molecule has 0 bridgehead atoms. The second-order valence-electron chi connectivity index (χ2n) is 8.39. The van der Waals surface area contributed by atoms with Gasteiger partial charge in [0.1, 0.15) is 5.41 Å². The van der Waals surface area contributed by atoms with Crippen molar-refractivity contribution in [2.75, 3.05) is 17.4 Å². The Morgan fingerprint density at radius 3 is 2.04 bits per heavy atom. The number of hydrogen-bond acceptors (Lipinski definition) is 4. The molecule has 0 atom stereocenters. The molecule has 0 radical (unpaired) electrons. The highest BCUT2D eigenvalue weighted by Gasteiger charge is 2.56. The molecule has 0 saturated heterocycles. The van der Waals surface area contributed by atoms with E-state index in [2.05, 4.69) is 31.4 Å². The van der Waals surface area contributed by atoms with E-state index in [-0.39, 0.29) is 24.0 Å². The van der Waals surface area contributed by atoms with Crippen molar-refractivity contribution >= 4 is 23.2 Å². The molecule has 2 aliphatic rings. The lowest BCUT2D eigenvalue weighted by Crippen LogP contribution is -2.35. The fourth-order valence-electron chi connectivity index (χ4n) is 3.21. The quantitative estimate of drug-likeness (QED) is 0.784. The molecule has 146 valence electrons. The highest BCUT2D eigenvalue weighted by atomic mass is 16.7. The minimum absolute atomic E-state index is 0.0464. The van der Waals surface area contributed by atoms with Crippen molar-refractivity contribution in [3.8, 4) is 11.5 Å². The number of carbonyl (C=O) groups excluding carboxylic acids is 2. The molecule has 2 aromatic rings. The maximum atomic E-state index is 12.8. The number of fused-ring (bicyclic) bond motifs is 1. The molecule has 0 unspecified atom stereocenters. The minimum Gasteiger partial charge on any atom is -0.454 e. The van der Waals surface area contributed by atoms with Crippen LogP contribution in [0, 0.1) is 5.41 Å². The maximum Gasteiger partial charge on any atom is 0.240 e. The monoisotopic (exact) mass is 380 g/mol. The Labute approximate surface area is 164 Å². The normalized spacial score (nSPS) is 16.4. The van der Waals surface area contributed by atoms with Crippen LogP contribution in [0.2, 0.25) is 0 Å². The molecule has 6 heteroatoms. The van der Waals surface area contributed by atoms with Crippen LogP contribution in [0.3, 0.4) is 0 Å². The lowest BCUT2D eigenvalue weighted by Gasteiger charge is -2.20. The van der Waals surface area contributed by atoms with E-state index in [4.69, 9.17) is 9.47 Å². The lowest BCUT2D eigenvalue weighted by molar-refractivity contribution is -0.131. The number of ether oxygens (including phenoxy) is 2. The zero-order chi connectivity index (χ0) is 19.9. The molecular weight excluding hydrogens is 356 g/mol. The first-order chi connectivity index (χ1) is 13.3. The highest BCUT2D eigenvalue weighted by Crippen LogP contribution is 2.48. The first kappa shape index (κ1) is 18.3. The van der Waals surface area contributed by atoms with Crippen LogP contribution in [0.1, 0.15) is 39.2 Å². The van der Waals surface area contributed by atoms with Crippen LogP contribution < -0.4 is 20.1 Å². The zero-order valence-electron chi connectivity index (χ0n) is 16.3. The predicted octanol–water partition coefficient (Wildman–Crippen LogP) is 4.07. The van der Waals surface area contributed by atoms with Gasteiger partial charge in [0, 0.05) is 17.4 Å². The van der Waals surface area contributed by atoms with Gasteiger partial charge in [-0.1, -0.05) is 32.9 Å². The Bertz CT molecular complexity index is 925. The Kier molecular flexibility index (Phi) is 4.29. The van der Waals surface area contributed by atoms with Crippen molar-refractivity contribution in [1.29, 1.82) is 0 Å². The Balaban J connectivity index is 1.43. The van der Waals surface area contributed by atoms with Gasteiger partial charge >= 0.3 is 0 Å². The average molecular weight is 380 g/mol. The van der Waals surface area contributed by atoms with Gasteiger partial charge in [0.2, 0.25) is 18.6 Å². The molecule has 1 aliphatic carbocycles. The molecule has 1 heterocycles. The fourth-order valence-corrected chi connectivity index (χ4v) is 3.21. The van der Waals surface area contributed by atoms with E-state index >= 15 is 0 Å². The van der Waals surface area contributed by atoms with Crippen molar-refractivity contribution < 1.29 is 19.1 Å².